The zero-order valence-corrected chi connectivity index (χ0v) is 11.3. The zero-order valence-electron chi connectivity index (χ0n) is 11.3. The van der Waals surface area contributed by atoms with Crippen molar-refractivity contribution in [3.63, 3.8) is 0 Å². The highest BCUT2D eigenvalue weighted by atomic mass is 19.1. The first-order valence-corrected chi connectivity index (χ1v) is 6.86. The third-order valence-electron chi connectivity index (χ3n) is 3.95. The van der Waals surface area contributed by atoms with Crippen molar-refractivity contribution in [1.29, 1.82) is 0 Å². The fourth-order valence-corrected chi connectivity index (χ4v) is 2.58. The monoisotopic (exact) mass is 250 g/mol. The molecule has 18 heavy (non-hydrogen) atoms. The van der Waals surface area contributed by atoms with Crippen molar-refractivity contribution >= 4 is 0 Å². The normalized spacial score (nSPS) is 22.9. The van der Waals surface area contributed by atoms with E-state index in [0.29, 0.717) is 6.04 Å². The highest BCUT2D eigenvalue weighted by molar-refractivity contribution is 5.19. The minimum Gasteiger partial charge on any atom is -0.309 e. The summed E-state index contributed by atoms with van der Waals surface area (Å²) in [5, 5.41) is 3.55. The highest BCUT2D eigenvalue weighted by Gasteiger charge is 2.19. The Labute approximate surface area is 109 Å². The summed E-state index contributed by atoms with van der Waals surface area (Å²) in [5.41, 5.74) is 1.15. The van der Waals surface area contributed by atoms with Crippen LogP contribution in [-0.2, 0) is 0 Å². The zero-order chi connectivity index (χ0) is 13.0. The lowest BCUT2D eigenvalue weighted by molar-refractivity contribution is 0.178. The molecule has 2 atom stereocenters. The number of nitrogens with zero attached hydrogens (tertiary/aromatic N) is 1. The van der Waals surface area contributed by atoms with Crippen LogP contribution in [0.3, 0.4) is 0 Å². The van der Waals surface area contributed by atoms with Gasteiger partial charge in [0.25, 0.3) is 0 Å². The molecule has 0 saturated carbocycles. The molecular weight excluding hydrogens is 227 g/mol. The van der Waals surface area contributed by atoms with Crippen LogP contribution in [0.25, 0.3) is 0 Å². The Morgan fingerprint density at radius 1 is 1.33 bits per heavy atom. The van der Waals surface area contributed by atoms with Crippen molar-refractivity contribution in [2.24, 2.45) is 0 Å². The van der Waals surface area contributed by atoms with Crippen molar-refractivity contribution in [3.8, 4) is 0 Å². The molecule has 0 amide bonds. The number of hydrogen-bond acceptors (Lipinski definition) is 2. The summed E-state index contributed by atoms with van der Waals surface area (Å²) < 4.78 is 12.9. The third-order valence-corrected chi connectivity index (χ3v) is 3.95. The van der Waals surface area contributed by atoms with Crippen LogP contribution in [0.5, 0.6) is 0 Å². The lowest BCUT2D eigenvalue weighted by atomic mass is 10.0. The van der Waals surface area contributed by atoms with Crippen molar-refractivity contribution in [2.45, 2.75) is 38.3 Å². The minimum absolute atomic E-state index is 0.169. The molecule has 1 N–H and O–H groups in total. The standard InChI is InChI=1S/C15H23FN2/c1-12(13-6-8-14(16)9-7-13)17-11-15-5-3-4-10-18(15)2/h6-9,12,15,17H,3-5,10-11H2,1-2H3/t12-,15?/m0/s1. The maximum absolute atomic E-state index is 12.9. The molecule has 100 valence electrons. The maximum Gasteiger partial charge on any atom is 0.123 e. The molecule has 1 aliphatic rings. The van der Waals surface area contributed by atoms with E-state index in [1.54, 1.807) is 0 Å². The molecule has 1 aromatic carbocycles. The Hall–Kier alpha value is -0.930. The molecule has 0 aromatic heterocycles. The van der Waals surface area contributed by atoms with Gasteiger partial charge in [-0.15, -0.1) is 0 Å². The second-order valence-electron chi connectivity index (χ2n) is 5.31. The van der Waals surface area contributed by atoms with E-state index in [4.69, 9.17) is 0 Å². The Morgan fingerprint density at radius 2 is 2.06 bits per heavy atom. The predicted octanol–water partition coefficient (Wildman–Crippen LogP) is 2.96. The van der Waals surface area contributed by atoms with Crippen molar-refractivity contribution in [2.75, 3.05) is 20.1 Å². The van der Waals surface area contributed by atoms with Crippen LogP contribution < -0.4 is 5.32 Å². The van der Waals surface area contributed by atoms with E-state index in [2.05, 4.69) is 24.2 Å². The minimum atomic E-state index is -0.169. The van der Waals surface area contributed by atoms with Gasteiger partial charge >= 0.3 is 0 Å². The Morgan fingerprint density at radius 3 is 2.72 bits per heavy atom. The number of halogens is 1. The molecule has 1 aliphatic heterocycles. The van der Waals surface area contributed by atoms with Crippen LogP contribution in [0.1, 0.15) is 37.8 Å². The van der Waals surface area contributed by atoms with Gasteiger partial charge in [0.1, 0.15) is 5.82 Å². The number of nitrogens with one attached hydrogen (secondary N) is 1. The quantitative estimate of drug-likeness (QED) is 0.884. The van der Waals surface area contributed by atoms with Crippen LogP contribution in [0, 0.1) is 5.82 Å². The predicted molar refractivity (Wildman–Crippen MR) is 73.1 cm³/mol. The second-order valence-corrected chi connectivity index (χ2v) is 5.31. The fraction of sp³-hybridized carbons (Fsp3) is 0.600. The summed E-state index contributed by atoms with van der Waals surface area (Å²) in [7, 11) is 2.20. The molecule has 0 spiro atoms. The van der Waals surface area contributed by atoms with Gasteiger partial charge in [-0.3, -0.25) is 0 Å². The van der Waals surface area contributed by atoms with Crippen LogP contribution in [0.15, 0.2) is 24.3 Å². The van der Waals surface area contributed by atoms with E-state index >= 15 is 0 Å². The highest BCUT2D eigenvalue weighted by Crippen LogP contribution is 2.17. The van der Waals surface area contributed by atoms with E-state index < -0.39 is 0 Å². The van der Waals surface area contributed by atoms with Gasteiger partial charge in [0.15, 0.2) is 0 Å². The van der Waals surface area contributed by atoms with Gasteiger partial charge in [0, 0.05) is 18.6 Å². The summed E-state index contributed by atoms with van der Waals surface area (Å²) in [6, 6.07) is 7.69. The van der Waals surface area contributed by atoms with Crippen LogP contribution in [-0.4, -0.2) is 31.1 Å². The molecule has 1 fully saturated rings. The van der Waals surface area contributed by atoms with E-state index in [1.807, 2.05) is 12.1 Å². The maximum atomic E-state index is 12.9. The topological polar surface area (TPSA) is 15.3 Å². The van der Waals surface area contributed by atoms with Crippen LogP contribution in [0.4, 0.5) is 4.39 Å². The van der Waals surface area contributed by atoms with Gasteiger partial charge in [0.2, 0.25) is 0 Å². The molecule has 1 saturated heterocycles. The smallest absolute Gasteiger partial charge is 0.123 e. The lowest BCUT2D eigenvalue weighted by Crippen LogP contribution is -2.43. The molecule has 2 rings (SSSR count). The first-order valence-electron chi connectivity index (χ1n) is 6.86. The number of likely N-dealkylation sites (tertiary alicyclic amines) is 1. The fourth-order valence-electron chi connectivity index (χ4n) is 2.58. The molecule has 0 aliphatic carbocycles. The summed E-state index contributed by atoms with van der Waals surface area (Å²) in [5.74, 6) is -0.169. The number of rotatable bonds is 4. The molecule has 1 aromatic rings. The van der Waals surface area contributed by atoms with Gasteiger partial charge in [-0.1, -0.05) is 18.6 Å². The van der Waals surface area contributed by atoms with Crippen LogP contribution >= 0.6 is 0 Å². The van der Waals surface area contributed by atoms with Crippen molar-refractivity contribution in [3.05, 3.63) is 35.6 Å². The van der Waals surface area contributed by atoms with Gasteiger partial charge in [-0.2, -0.15) is 0 Å². The molecule has 0 bridgehead atoms. The first kappa shape index (κ1) is 13.5. The average molecular weight is 250 g/mol. The van der Waals surface area contributed by atoms with Crippen LogP contribution in [0.2, 0.25) is 0 Å². The van der Waals surface area contributed by atoms with E-state index in [1.165, 1.54) is 37.9 Å². The summed E-state index contributed by atoms with van der Waals surface area (Å²) >= 11 is 0. The molecule has 1 heterocycles. The third kappa shape index (κ3) is 3.53. The molecule has 2 nitrogen and oxygen atoms in total. The van der Waals surface area contributed by atoms with E-state index in [9.17, 15) is 4.39 Å². The number of benzene rings is 1. The lowest BCUT2D eigenvalue weighted by Gasteiger charge is -2.33. The number of likely N-dealkylation sites (N-methyl/N-ethyl adjacent to an activating group) is 1. The van der Waals surface area contributed by atoms with Gasteiger partial charge in [0.05, 0.1) is 0 Å². The number of piperidine rings is 1. The molecule has 1 unspecified atom stereocenters. The van der Waals surface area contributed by atoms with Gasteiger partial charge < -0.3 is 10.2 Å². The molecule has 0 radical (unpaired) electrons. The Balaban J connectivity index is 1.83. The number of hydrogen-bond donors (Lipinski definition) is 1. The van der Waals surface area contributed by atoms with Crippen molar-refractivity contribution < 1.29 is 4.39 Å². The Bertz CT molecular complexity index is 363. The van der Waals surface area contributed by atoms with E-state index in [0.717, 1.165) is 12.1 Å². The average Bonchev–Trinajstić information content (AvgIpc) is 2.38. The van der Waals surface area contributed by atoms with Crippen molar-refractivity contribution in [1.82, 2.24) is 10.2 Å². The molecular formula is C15H23FN2. The van der Waals surface area contributed by atoms with Gasteiger partial charge in [-0.05, 0) is 51.1 Å². The van der Waals surface area contributed by atoms with Gasteiger partial charge in [-0.25, -0.2) is 4.39 Å². The van der Waals surface area contributed by atoms with E-state index in [-0.39, 0.29) is 11.9 Å². The largest absolute Gasteiger partial charge is 0.309 e. The Kier molecular flexibility index (Phi) is 4.72. The first-order chi connectivity index (χ1) is 8.66. The summed E-state index contributed by atoms with van der Waals surface area (Å²) in [4.78, 5) is 2.44. The second kappa shape index (κ2) is 6.30. The summed E-state index contributed by atoms with van der Waals surface area (Å²) in [6.07, 6.45) is 3.93. The SMILES string of the molecule is C[C@H](NCC1CCCCN1C)c1ccc(F)cc1. The summed E-state index contributed by atoms with van der Waals surface area (Å²) in [6.45, 7) is 4.35. The molecule has 3 heteroatoms.